The fraction of sp³-hybridized carbons (Fsp3) is 0.667. The van der Waals surface area contributed by atoms with Gasteiger partial charge in [-0.15, -0.1) is 0 Å². The summed E-state index contributed by atoms with van der Waals surface area (Å²) in [6, 6.07) is 0. The minimum Gasteiger partial charge on any atom is -0.349 e. The Balaban J connectivity index is 2.20. The highest BCUT2D eigenvalue weighted by molar-refractivity contribution is 7.89. The number of hydrogen-bond donors (Lipinski definition) is 3. The molecule has 1 aromatic rings. The van der Waals surface area contributed by atoms with Crippen LogP contribution in [0.25, 0.3) is 0 Å². The summed E-state index contributed by atoms with van der Waals surface area (Å²) < 4.78 is 25.4. The van der Waals surface area contributed by atoms with Crippen molar-refractivity contribution in [1.82, 2.24) is 20.0 Å². The summed E-state index contributed by atoms with van der Waals surface area (Å²) in [6.45, 7) is 3.58. The Hall–Kier alpha value is -0.920. The lowest BCUT2D eigenvalue weighted by molar-refractivity contribution is 0.577. The summed E-state index contributed by atoms with van der Waals surface area (Å²) in [5, 5.41) is 2.97. The van der Waals surface area contributed by atoms with Crippen molar-refractivity contribution in [1.29, 1.82) is 0 Å². The number of rotatable bonds is 8. The fourth-order valence-corrected chi connectivity index (χ4v) is 2.19. The van der Waals surface area contributed by atoms with E-state index in [2.05, 4.69) is 20.0 Å². The summed E-state index contributed by atoms with van der Waals surface area (Å²) >= 11 is 0. The molecule has 3 N–H and O–H groups in total. The average molecular weight is 246 g/mol. The third kappa shape index (κ3) is 5.24. The first-order valence-corrected chi connectivity index (χ1v) is 6.95. The van der Waals surface area contributed by atoms with E-state index >= 15 is 0 Å². The standard InChI is InChI=1S/C9H18N4O2S/c1-2-10-7-8-16(14,15)13-4-3-9-11-5-6-12-9/h5-6,10,13H,2-4,7-8H2,1H3,(H,11,12). The summed E-state index contributed by atoms with van der Waals surface area (Å²) in [7, 11) is -3.16. The molecule has 6 nitrogen and oxygen atoms in total. The zero-order chi connectivity index (χ0) is 11.9. The molecule has 1 heterocycles. The average Bonchev–Trinajstić information content (AvgIpc) is 2.70. The van der Waals surface area contributed by atoms with Gasteiger partial charge in [0.15, 0.2) is 0 Å². The molecule has 0 bridgehead atoms. The van der Waals surface area contributed by atoms with E-state index in [1.807, 2.05) is 6.92 Å². The molecule has 92 valence electrons. The van der Waals surface area contributed by atoms with Crippen LogP contribution in [-0.2, 0) is 16.4 Å². The summed E-state index contributed by atoms with van der Waals surface area (Å²) in [5.74, 6) is 0.897. The summed E-state index contributed by atoms with van der Waals surface area (Å²) in [6.07, 6.45) is 3.94. The molecule has 1 rings (SSSR count). The third-order valence-corrected chi connectivity index (χ3v) is 3.42. The van der Waals surface area contributed by atoms with Crippen LogP contribution in [-0.4, -0.2) is 43.8 Å². The Bertz CT molecular complexity index is 374. The number of nitrogens with zero attached hydrogens (tertiary/aromatic N) is 1. The second-order valence-electron chi connectivity index (χ2n) is 3.35. The van der Waals surface area contributed by atoms with Gasteiger partial charge in [0.2, 0.25) is 10.0 Å². The minimum atomic E-state index is -3.16. The van der Waals surface area contributed by atoms with E-state index in [9.17, 15) is 8.42 Å². The van der Waals surface area contributed by atoms with Crippen LogP contribution in [0.1, 0.15) is 12.7 Å². The maximum absolute atomic E-state index is 11.5. The maximum atomic E-state index is 11.5. The Kier molecular flexibility index (Phi) is 5.44. The predicted molar refractivity (Wildman–Crippen MR) is 62.6 cm³/mol. The van der Waals surface area contributed by atoms with Crippen LogP contribution >= 0.6 is 0 Å². The van der Waals surface area contributed by atoms with Crippen molar-refractivity contribution in [2.45, 2.75) is 13.3 Å². The number of imidazole rings is 1. The fourth-order valence-electron chi connectivity index (χ4n) is 1.22. The van der Waals surface area contributed by atoms with E-state index in [0.29, 0.717) is 19.5 Å². The van der Waals surface area contributed by atoms with Gasteiger partial charge in [-0.3, -0.25) is 0 Å². The first-order valence-electron chi connectivity index (χ1n) is 5.30. The van der Waals surface area contributed by atoms with E-state index < -0.39 is 10.0 Å². The lowest BCUT2D eigenvalue weighted by Crippen LogP contribution is -2.33. The largest absolute Gasteiger partial charge is 0.349 e. The van der Waals surface area contributed by atoms with Crippen LogP contribution < -0.4 is 10.0 Å². The molecule has 0 aromatic carbocycles. The molecule has 0 amide bonds. The van der Waals surface area contributed by atoms with Crippen LogP contribution in [0.15, 0.2) is 12.4 Å². The SMILES string of the molecule is CCNCCS(=O)(=O)NCCc1ncc[nH]1. The molecule has 0 unspecified atom stereocenters. The summed E-state index contributed by atoms with van der Waals surface area (Å²) in [4.78, 5) is 6.93. The zero-order valence-electron chi connectivity index (χ0n) is 9.36. The number of aromatic amines is 1. The lowest BCUT2D eigenvalue weighted by Gasteiger charge is -2.05. The van der Waals surface area contributed by atoms with Gasteiger partial charge in [-0.05, 0) is 6.54 Å². The van der Waals surface area contributed by atoms with Gasteiger partial charge >= 0.3 is 0 Å². The molecule has 0 atom stereocenters. The Morgan fingerprint density at radius 2 is 2.25 bits per heavy atom. The van der Waals surface area contributed by atoms with E-state index in [-0.39, 0.29) is 5.75 Å². The molecule has 0 fully saturated rings. The highest BCUT2D eigenvalue weighted by atomic mass is 32.2. The van der Waals surface area contributed by atoms with Gasteiger partial charge in [0.1, 0.15) is 5.82 Å². The van der Waals surface area contributed by atoms with Gasteiger partial charge in [-0.2, -0.15) is 0 Å². The van der Waals surface area contributed by atoms with Crippen molar-refractivity contribution < 1.29 is 8.42 Å². The van der Waals surface area contributed by atoms with Crippen molar-refractivity contribution in [3.05, 3.63) is 18.2 Å². The van der Waals surface area contributed by atoms with Crippen LogP contribution in [0.5, 0.6) is 0 Å². The first kappa shape index (κ1) is 13.1. The topological polar surface area (TPSA) is 86.9 Å². The minimum absolute atomic E-state index is 0.110. The first-order chi connectivity index (χ1) is 7.64. The smallest absolute Gasteiger partial charge is 0.212 e. The number of nitrogens with one attached hydrogen (secondary N) is 3. The lowest BCUT2D eigenvalue weighted by atomic mass is 10.4. The van der Waals surface area contributed by atoms with E-state index in [4.69, 9.17) is 0 Å². The number of H-pyrrole nitrogens is 1. The molecule has 0 saturated carbocycles. The molecule has 0 aliphatic rings. The van der Waals surface area contributed by atoms with Gasteiger partial charge in [-0.25, -0.2) is 18.1 Å². The molecule has 0 saturated heterocycles. The Morgan fingerprint density at radius 3 is 2.88 bits per heavy atom. The molecule has 1 aromatic heterocycles. The highest BCUT2D eigenvalue weighted by Gasteiger charge is 2.08. The Labute approximate surface area is 95.9 Å². The van der Waals surface area contributed by atoms with Crippen LogP contribution in [0.4, 0.5) is 0 Å². The second kappa shape index (κ2) is 6.62. The molecule has 0 radical (unpaired) electrons. The normalized spacial score (nSPS) is 11.8. The number of aromatic nitrogens is 2. The molecule has 0 aliphatic carbocycles. The van der Waals surface area contributed by atoms with Gasteiger partial charge < -0.3 is 10.3 Å². The maximum Gasteiger partial charge on any atom is 0.212 e. The van der Waals surface area contributed by atoms with Gasteiger partial charge in [0.25, 0.3) is 0 Å². The van der Waals surface area contributed by atoms with Gasteiger partial charge in [0.05, 0.1) is 5.75 Å². The predicted octanol–water partition coefficient (Wildman–Crippen LogP) is -0.519. The number of hydrogen-bond acceptors (Lipinski definition) is 4. The summed E-state index contributed by atoms with van der Waals surface area (Å²) in [5.41, 5.74) is 0. The van der Waals surface area contributed by atoms with Crippen LogP contribution in [0, 0.1) is 0 Å². The van der Waals surface area contributed by atoms with E-state index in [0.717, 1.165) is 12.4 Å². The van der Waals surface area contributed by atoms with Crippen molar-refractivity contribution in [3.63, 3.8) is 0 Å². The van der Waals surface area contributed by atoms with Gasteiger partial charge in [0, 0.05) is 31.9 Å². The molecule has 0 spiro atoms. The van der Waals surface area contributed by atoms with Gasteiger partial charge in [-0.1, -0.05) is 6.92 Å². The highest BCUT2D eigenvalue weighted by Crippen LogP contribution is 1.90. The number of sulfonamides is 1. The molecule has 7 heteroatoms. The quantitative estimate of drug-likeness (QED) is 0.539. The van der Waals surface area contributed by atoms with Crippen molar-refractivity contribution in [3.8, 4) is 0 Å². The van der Waals surface area contributed by atoms with Crippen molar-refractivity contribution >= 4 is 10.0 Å². The monoisotopic (exact) mass is 246 g/mol. The van der Waals surface area contributed by atoms with Crippen LogP contribution in [0.3, 0.4) is 0 Å². The second-order valence-corrected chi connectivity index (χ2v) is 5.28. The zero-order valence-corrected chi connectivity index (χ0v) is 10.2. The molecular formula is C9H18N4O2S. The van der Waals surface area contributed by atoms with E-state index in [1.54, 1.807) is 12.4 Å². The molecule has 16 heavy (non-hydrogen) atoms. The third-order valence-electron chi connectivity index (χ3n) is 2.04. The molecule has 0 aliphatic heterocycles. The van der Waals surface area contributed by atoms with Crippen molar-refractivity contribution in [2.75, 3.05) is 25.4 Å². The van der Waals surface area contributed by atoms with E-state index in [1.165, 1.54) is 0 Å². The Morgan fingerprint density at radius 1 is 1.44 bits per heavy atom. The molecular weight excluding hydrogens is 228 g/mol. The van der Waals surface area contributed by atoms with Crippen LogP contribution in [0.2, 0.25) is 0 Å². The van der Waals surface area contributed by atoms with Crippen molar-refractivity contribution in [2.24, 2.45) is 0 Å².